The summed E-state index contributed by atoms with van der Waals surface area (Å²) in [4.78, 5) is 22.6. The number of ether oxygens (including phenoxy) is 2. The number of halogens is 1. The molecule has 0 aromatic heterocycles. The van der Waals surface area contributed by atoms with E-state index in [1.807, 2.05) is 6.07 Å². The summed E-state index contributed by atoms with van der Waals surface area (Å²) in [7, 11) is 0. The Kier molecular flexibility index (Phi) is 4.76. The van der Waals surface area contributed by atoms with E-state index < -0.39 is 35.8 Å². The summed E-state index contributed by atoms with van der Waals surface area (Å²) in [6.45, 7) is 1.64. The van der Waals surface area contributed by atoms with Gasteiger partial charge in [-0.2, -0.15) is 0 Å². The quantitative estimate of drug-likeness (QED) is 0.851. The predicted molar refractivity (Wildman–Crippen MR) is 88.8 cm³/mol. The Bertz CT molecular complexity index is 813. The SMILES string of the molecule is CCC1(c2ccc(-c3ccccc3)c(F)c2)O[C@@H](C(=O)O)[C@H](C(=O)O)O1. The van der Waals surface area contributed by atoms with Gasteiger partial charge in [-0.05, 0) is 11.6 Å². The maximum atomic E-state index is 14.7. The van der Waals surface area contributed by atoms with Crippen LogP contribution in [0.25, 0.3) is 11.1 Å². The first kappa shape index (κ1) is 18.0. The lowest BCUT2D eigenvalue weighted by molar-refractivity contribution is -0.195. The minimum absolute atomic E-state index is 0.116. The third-order valence-corrected chi connectivity index (χ3v) is 4.36. The summed E-state index contributed by atoms with van der Waals surface area (Å²) in [6.07, 6.45) is -3.24. The van der Waals surface area contributed by atoms with Crippen LogP contribution in [0.3, 0.4) is 0 Å². The van der Waals surface area contributed by atoms with E-state index in [9.17, 15) is 24.2 Å². The maximum Gasteiger partial charge on any atom is 0.336 e. The van der Waals surface area contributed by atoms with Crippen LogP contribution in [-0.2, 0) is 24.8 Å². The van der Waals surface area contributed by atoms with Gasteiger partial charge in [0.15, 0.2) is 18.0 Å². The van der Waals surface area contributed by atoms with Crippen LogP contribution in [0.5, 0.6) is 0 Å². The highest BCUT2D eigenvalue weighted by Crippen LogP contribution is 2.41. The number of carboxylic acids is 2. The lowest BCUT2D eigenvalue weighted by atomic mass is 9.98. The zero-order valence-corrected chi connectivity index (χ0v) is 13.9. The van der Waals surface area contributed by atoms with Gasteiger partial charge in [-0.1, -0.05) is 49.4 Å². The molecule has 0 spiro atoms. The normalized spacial score (nSPS) is 21.5. The molecule has 6 nitrogen and oxygen atoms in total. The van der Waals surface area contributed by atoms with E-state index in [1.54, 1.807) is 37.3 Å². The first-order chi connectivity index (χ1) is 12.4. The van der Waals surface area contributed by atoms with Gasteiger partial charge in [-0.15, -0.1) is 0 Å². The molecule has 2 atom stereocenters. The van der Waals surface area contributed by atoms with E-state index in [0.29, 0.717) is 11.1 Å². The van der Waals surface area contributed by atoms with Crippen molar-refractivity contribution in [3.63, 3.8) is 0 Å². The molecule has 1 heterocycles. The molecule has 7 heteroatoms. The van der Waals surface area contributed by atoms with Crippen LogP contribution in [0.4, 0.5) is 4.39 Å². The Balaban J connectivity index is 2.00. The van der Waals surface area contributed by atoms with Crippen molar-refractivity contribution < 1.29 is 33.7 Å². The van der Waals surface area contributed by atoms with Gasteiger partial charge in [-0.3, -0.25) is 0 Å². The molecule has 0 amide bonds. The van der Waals surface area contributed by atoms with Crippen molar-refractivity contribution in [1.29, 1.82) is 0 Å². The van der Waals surface area contributed by atoms with Gasteiger partial charge >= 0.3 is 11.9 Å². The number of rotatable bonds is 5. The molecule has 0 radical (unpaired) electrons. The highest BCUT2D eigenvalue weighted by atomic mass is 19.1. The molecule has 2 N–H and O–H groups in total. The van der Waals surface area contributed by atoms with Gasteiger partial charge in [0.05, 0.1) is 0 Å². The molecule has 3 rings (SSSR count). The first-order valence-electron chi connectivity index (χ1n) is 8.04. The largest absolute Gasteiger partial charge is 0.479 e. The Morgan fingerprint density at radius 2 is 1.62 bits per heavy atom. The van der Waals surface area contributed by atoms with Crippen LogP contribution < -0.4 is 0 Å². The summed E-state index contributed by atoms with van der Waals surface area (Å²) >= 11 is 0. The predicted octanol–water partition coefficient (Wildman–Crippen LogP) is 3.01. The molecule has 0 saturated carbocycles. The van der Waals surface area contributed by atoms with Crippen LogP contribution in [-0.4, -0.2) is 34.4 Å². The van der Waals surface area contributed by atoms with E-state index in [1.165, 1.54) is 12.1 Å². The standard InChI is InChI=1S/C19H17FO6/c1-2-19(25-15(17(21)22)16(26-19)18(23)24)12-8-9-13(14(20)10-12)11-6-4-3-5-7-11/h3-10,15-16H,2H2,1H3,(H,21,22)(H,23,24)/t15-,16-/m1/s1. The van der Waals surface area contributed by atoms with Gasteiger partial charge in [0.1, 0.15) is 5.82 Å². The van der Waals surface area contributed by atoms with Crippen LogP contribution in [0.15, 0.2) is 48.5 Å². The minimum Gasteiger partial charge on any atom is -0.479 e. The Hall–Kier alpha value is -2.77. The lowest BCUT2D eigenvalue weighted by Gasteiger charge is -2.27. The molecule has 1 fully saturated rings. The zero-order chi connectivity index (χ0) is 18.9. The van der Waals surface area contributed by atoms with E-state index in [-0.39, 0.29) is 12.0 Å². The fourth-order valence-electron chi connectivity index (χ4n) is 3.03. The van der Waals surface area contributed by atoms with E-state index in [2.05, 4.69) is 0 Å². The second-order valence-electron chi connectivity index (χ2n) is 5.92. The molecule has 2 aromatic rings. The topological polar surface area (TPSA) is 93.1 Å². The van der Waals surface area contributed by atoms with Crippen molar-refractivity contribution in [1.82, 2.24) is 0 Å². The molecule has 0 bridgehead atoms. The highest BCUT2D eigenvalue weighted by Gasteiger charge is 2.54. The number of carboxylic acid groups (broad SMARTS) is 2. The number of aliphatic carboxylic acids is 2. The van der Waals surface area contributed by atoms with E-state index in [4.69, 9.17) is 9.47 Å². The van der Waals surface area contributed by atoms with Gasteiger partial charge in [0.25, 0.3) is 0 Å². The monoisotopic (exact) mass is 360 g/mol. The molecule has 0 unspecified atom stereocenters. The average Bonchev–Trinajstić information content (AvgIpc) is 3.04. The average molecular weight is 360 g/mol. The zero-order valence-electron chi connectivity index (χ0n) is 13.9. The van der Waals surface area contributed by atoms with Crippen LogP contribution in [0, 0.1) is 5.82 Å². The van der Waals surface area contributed by atoms with Gasteiger partial charge < -0.3 is 19.7 Å². The minimum atomic E-state index is -1.68. The molecule has 26 heavy (non-hydrogen) atoms. The molecule has 0 aliphatic carbocycles. The van der Waals surface area contributed by atoms with Crippen molar-refractivity contribution in [3.05, 3.63) is 59.9 Å². The van der Waals surface area contributed by atoms with Crippen molar-refractivity contribution in [3.8, 4) is 11.1 Å². The summed E-state index contributed by atoms with van der Waals surface area (Å²) in [6, 6.07) is 13.2. The Labute approximate surface area is 148 Å². The fourth-order valence-corrected chi connectivity index (χ4v) is 3.03. The smallest absolute Gasteiger partial charge is 0.336 e. The molecule has 1 saturated heterocycles. The van der Waals surface area contributed by atoms with Crippen molar-refractivity contribution in [2.75, 3.05) is 0 Å². The number of hydrogen-bond donors (Lipinski definition) is 2. The van der Waals surface area contributed by atoms with E-state index >= 15 is 0 Å². The maximum absolute atomic E-state index is 14.7. The summed E-state index contributed by atoms with van der Waals surface area (Å²) in [5.74, 6) is -5.08. The summed E-state index contributed by atoms with van der Waals surface area (Å²) in [5.41, 5.74) is 1.28. The van der Waals surface area contributed by atoms with Crippen molar-refractivity contribution in [2.45, 2.75) is 31.3 Å². The number of carbonyl (C=O) groups is 2. The second kappa shape index (κ2) is 6.86. The first-order valence-corrected chi connectivity index (χ1v) is 8.04. The van der Waals surface area contributed by atoms with Crippen molar-refractivity contribution >= 4 is 11.9 Å². The molecule has 2 aromatic carbocycles. The Morgan fingerprint density at radius 1 is 1.04 bits per heavy atom. The van der Waals surface area contributed by atoms with Crippen LogP contribution >= 0.6 is 0 Å². The van der Waals surface area contributed by atoms with Crippen LogP contribution in [0.1, 0.15) is 18.9 Å². The van der Waals surface area contributed by atoms with E-state index in [0.717, 1.165) is 0 Å². The molecule has 136 valence electrons. The molecular weight excluding hydrogens is 343 g/mol. The second-order valence-corrected chi connectivity index (χ2v) is 5.92. The third kappa shape index (κ3) is 3.07. The summed E-state index contributed by atoms with van der Waals surface area (Å²) in [5, 5.41) is 18.4. The number of hydrogen-bond acceptors (Lipinski definition) is 4. The van der Waals surface area contributed by atoms with Gasteiger partial charge in [0, 0.05) is 17.5 Å². The number of benzene rings is 2. The van der Waals surface area contributed by atoms with Gasteiger partial charge in [-0.25, -0.2) is 14.0 Å². The lowest BCUT2D eigenvalue weighted by Crippen LogP contribution is -2.36. The highest BCUT2D eigenvalue weighted by molar-refractivity contribution is 5.84. The summed E-state index contributed by atoms with van der Waals surface area (Å²) < 4.78 is 25.6. The van der Waals surface area contributed by atoms with Crippen molar-refractivity contribution in [2.24, 2.45) is 0 Å². The van der Waals surface area contributed by atoms with Gasteiger partial charge in [0.2, 0.25) is 0 Å². The Morgan fingerprint density at radius 3 is 2.08 bits per heavy atom. The molecule has 1 aliphatic rings. The molecular formula is C19H17FO6. The fraction of sp³-hybridized carbons (Fsp3) is 0.263. The molecule has 1 aliphatic heterocycles. The van der Waals surface area contributed by atoms with Crippen LogP contribution in [0.2, 0.25) is 0 Å². The third-order valence-electron chi connectivity index (χ3n) is 4.36.